The molecule has 0 aliphatic carbocycles. The fraction of sp³-hybridized carbons (Fsp3) is 0.385. The van der Waals surface area contributed by atoms with E-state index in [4.69, 9.17) is 15.2 Å². The molecule has 20 heavy (non-hydrogen) atoms. The molecule has 1 atom stereocenters. The van der Waals surface area contributed by atoms with E-state index in [0.29, 0.717) is 17.2 Å². The molecule has 0 saturated heterocycles. The van der Waals surface area contributed by atoms with Crippen molar-refractivity contribution in [2.75, 3.05) is 19.5 Å². The number of hydrogen-bond donors (Lipinski definition) is 3. The Balaban J connectivity index is 2.92. The van der Waals surface area contributed by atoms with Crippen molar-refractivity contribution < 1.29 is 19.1 Å². The molecule has 0 fully saturated rings. The van der Waals surface area contributed by atoms with Crippen LogP contribution in [0, 0.1) is 6.92 Å². The van der Waals surface area contributed by atoms with Gasteiger partial charge >= 0.3 is 6.03 Å². The van der Waals surface area contributed by atoms with Gasteiger partial charge in [-0.2, -0.15) is 0 Å². The molecule has 3 amide bonds. The van der Waals surface area contributed by atoms with Crippen LogP contribution in [-0.2, 0) is 4.79 Å². The van der Waals surface area contributed by atoms with Crippen LogP contribution < -0.4 is 25.8 Å². The van der Waals surface area contributed by atoms with Gasteiger partial charge in [0.05, 0.1) is 14.2 Å². The number of methoxy groups -OCH3 is 2. The largest absolute Gasteiger partial charge is 0.493 e. The molecule has 7 nitrogen and oxygen atoms in total. The van der Waals surface area contributed by atoms with Gasteiger partial charge in [0.2, 0.25) is 5.91 Å². The number of carbonyl (C=O) groups excluding carboxylic acids is 2. The Kier molecular flexibility index (Phi) is 5.19. The van der Waals surface area contributed by atoms with E-state index < -0.39 is 18.0 Å². The van der Waals surface area contributed by atoms with E-state index >= 15 is 0 Å². The lowest BCUT2D eigenvalue weighted by Gasteiger charge is -2.18. The van der Waals surface area contributed by atoms with Crippen LogP contribution in [0.4, 0.5) is 10.5 Å². The van der Waals surface area contributed by atoms with Crippen LogP contribution in [-0.4, -0.2) is 32.2 Å². The highest BCUT2D eigenvalue weighted by Crippen LogP contribution is 2.33. The summed E-state index contributed by atoms with van der Waals surface area (Å²) in [5.41, 5.74) is 6.48. The minimum absolute atomic E-state index is 0.508. The van der Waals surface area contributed by atoms with Gasteiger partial charge in [-0.25, -0.2) is 4.79 Å². The average molecular weight is 281 g/mol. The van der Waals surface area contributed by atoms with Crippen molar-refractivity contribution in [1.82, 2.24) is 5.32 Å². The first-order chi connectivity index (χ1) is 9.38. The highest BCUT2D eigenvalue weighted by molar-refractivity contribution is 5.97. The van der Waals surface area contributed by atoms with E-state index in [2.05, 4.69) is 5.32 Å². The number of rotatable bonds is 5. The molecule has 0 aromatic heterocycles. The van der Waals surface area contributed by atoms with Crippen molar-refractivity contribution in [2.45, 2.75) is 19.9 Å². The summed E-state index contributed by atoms with van der Waals surface area (Å²) < 4.78 is 10.4. The monoisotopic (exact) mass is 281 g/mol. The summed E-state index contributed by atoms with van der Waals surface area (Å²) >= 11 is 0. The van der Waals surface area contributed by atoms with Gasteiger partial charge in [-0.15, -0.1) is 0 Å². The van der Waals surface area contributed by atoms with E-state index in [0.717, 1.165) is 5.56 Å². The second-order valence-corrected chi connectivity index (χ2v) is 4.24. The Bertz CT molecular complexity index is 517. The van der Waals surface area contributed by atoms with Crippen molar-refractivity contribution in [2.24, 2.45) is 5.73 Å². The maximum atomic E-state index is 11.6. The summed E-state index contributed by atoms with van der Waals surface area (Å²) in [5, 5.41) is 5.00. The summed E-state index contributed by atoms with van der Waals surface area (Å²) in [4.78, 5) is 22.3. The highest BCUT2D eigenvalue weighted by Gasteiger charge is 2.16. The summed E-state index contributed by atoms with van der Waals surface area (Å²) in [5.74, 6) is 0.639. The zero-order valence-electron chi connectivity index (χ0n) is 11.9. The van der Waals surface area contributed by atoms with Gasteiger partial charge in [0.25, 0.3) is 0 Å². The number of imide groups is 1. The molecule has 1 rings (SSSR count). The first kappa shape index (κ1) is 15.6. The lowest BCUT2D eigenvalue weighted by Crippen LogP contribution is -2.43. The quantitative estimate of drug-likeness (QED) is 0.747. The van der Waals surface area contributed by atoms with Gasteiger partial charge in [-0.1, -0.05) is 0 Å². The molecule has 0 heterocycles. The molecular formula is C13H19N3O4. The number of nitrogens with two attached hydrogens (primary N) is 1. The smallest absolute Gasteiger partial charge is 0.318 e. The molecule has 0 spiro atoms. The summed E-state index contributed by atoms with van der Waals surface area (Å²) in [6.45, 7) is 3.48. The van der Waals surface area contributed by atoms with E-state index in [-0.39, 0.29) is 0 Å². The van der Waals surface area contributed by atoms with Crippen LogP contribution in [0.25, 0.3) is 0 Å². The number of carbonyl (C=O) groups is 2. The third kappa shape index (κ3) is 3.78. The van der Waals surface area contributed by atoms with Gasteiger partial charge in [0.1, 0.15) is 6.04 Å². The molecule has 4 N–H and O–H groups in total. The third-order valence-electron chi connectivity index (χ3n) is 2.74. The number of amides is 3. The summed E-state index contributed by atoms with van der Waals surface area (Å²) in [7, 11) is 3.08. The van der Waals surface area contributed by atoms with E-state index in [1.54, 1.807) is 26.2 Å². The molecule has 0 unspecified atom stereocenters. The zero-order chi connectivity index (χ0) is 15.3. The van der Waals surface area contributed by atoms with Gasteiger partial charge in [-0.3, -0.25) is 10.1 Å². The van der Waals surface area contributed by atoms with Gasteiger partial charge < -0.3 is 20.5 Å². The first-order valence-electron chi connectivity index (χ1n) is 5.98. The van der Waals surface area contributed by atoms with E-state index in [1.807, 2.05) is 12.2 Å². The predicted molar refractivity (Wildman–Crippen MR) is 75.1 cm³/mol. The molecule has 1 aromatic rings. The predicted octanol–water partition coefficient (Wildman–Crippen LogP) is 1.01. The molecule has 0 aliphatic rings. The van der Waals surface area contributed by atoms with Crippen molar-refractivity contribution in [3.05, 3.63) is 17.7 Å². The fourth-order valence-corrected chi connectivity index (χ4v) is 1.66. The van der Waals surface area contributed by atoms with Crippen LogP contribution in [0.5, 0.6) is 11.5 Å². The number of urea groups is 1. The van der Waals surface area contributed by atoms with Gasteiger partial charge in [0, 0.05) is 11.8 Å². The normalized spacial score (nSPS) is 11.4. The topological polar surface area (TPSA) is 103 Å². The molecule has 0 aliphatic heterocycles. The number of aryl methyl sites for hydroxylation is 1. The molecular weight excluding hydrogens is 262 g/mol. The fourth-order valence-electron chi connectivity index (χ4n) is 1.66. The minimum Gasteiger partial charge on any atom is -0.493 e. The number of nitrogens with one attached hydrogen (secondary N) is 2. The molecule has 0 bridgehead atoms. The SMILES string of the molecule is COc1cc(C)c(N[C@H](C)C(=O)NC(N)=O)cc1OC. The summed E-state index contributed by atoms with van der Waals surface area (Å²) in [6.07, 6.45) is 0. The Hall–Kier alpha value is -2.44. The molecule has 0 saturated carbocycles. The van der Waals surface area contributed by atoms with Gasteiger partial charge in [0.15, 0.2) is 11.5 Å². The van der Waals surface area contributed by atoms with Crippen LogP contribution in [0.15, 0.2) is 12.1 Å². The second-order valence-electron chi connectivity index (χ2n) is 4.24. The molecule has 1 aromatic carbocycles. The minimum atomic E-state index is -0.882. The van der Waals surface area contributed by atoms with Gasteiger partial charge in [-0.05, 0) is 25.5 Å². The third-order valence-corrected chi connectivity index (χ3v) is 2.74. The van der Waals surface area contributed by atoms with E-state index in [9.17, 15) is 9.59 Å². The maximum Gasteiger partial charge on any atom is 0.318 e. The van der Waals surface area contributed by atoms with Crippen LogP contribution in [0.3, 0.4) is 0 Å². The van der Waals surface area contributed by atoms with Crippen molar-refractivity contribution in [3.8, 4) is 11.5 Å². The Morgan fingerprint density at radius 1 is 1.20 bits per heavy atom. The Morgan fingerprint density at radius 3 is 2.25 bits per heavy atom. The Morgan fingerprint density at radius 2 is 1.75 bits per heavy atom. The second kappa shape index (κ2) is 6.65. The van der Waals surface area contributed by atoms with Crippen molar-refractivity contribution in [3.63, 3.8) is 0 Å². The number of anilines is 1. The average Bonchev–Trinajstić information content (AvgIpc) is 2.39. The van der Waals surface area contributed by atoms with Crippen LogP contribution in [0.2, 0.25) is 0 Å². The number of hydrogen-bond acceptors (Lipinski definition) is 5. The number of primary amides is 1. The number of ether oxygens (including phenoxy) is 2. The van der Waals surface area contributed by atoms with Crippen molar-refractivity contribution in [1.29, 1.82) is 0 Å². The first-order valence-corrected chi connectivity index (χ1v) is 5.98. The molecule has 0 radical (unpaired) electrons. The van der Waals surface area contributed by atoms with E-state index in [1.165, 1.54) is 7.11 Å². The number of benzene rings is 1. The van der Waals surface area contributed by atoms with Crippen LogP contribution in [0.1, 0.15) is 12.5 Å². The molecule has 7 heteroatoms. The lowest BCUT2D eigenvalue weighted by atomic mass is 10.1. The standard InChI is InChI=1S/C13H19N3O4/c1-7-5-10(19-3)11(20-4)6-9(7)15-8(2)12(17)16-13(14)18/h5-6,8,15H,1-4H3,(H3,14,16,17,18)/t8-/m1/s1. The van der Waals surface area contributed by atoms with Crippen molar-refractivity contribution >= 4 is 17.6 Å². The highest BCUT2D eigenvalue weighted by atomic mass is 16.5. The lowest BCUT2D eigenvalue weighted by molar-refractivity contribution is -0.120. The van der Waals surface area contributed by atoms with Crippen LogP contribution >= 0.6 is 0 Å². The Labute approximate surface area is 117 Å². The maximum absolute atomic E-state index is 11.6. The molecule has 110 valence electrons. The zero-order valence-corrected chi connectivity index (χ0v) is 11.9. The summed E-state index contributed by atoms with van der Waals surface area (Å²) in [6, 6.07) is 2.01.